The summed E-state index contributed by atoms with van der Waals surface area (Å²) in [4.78, 5) is 0. The third kappa shape index (κ3) is 7.71. The van der Waals surface area contributed by atoms with E-state index < -0.39 is 0 Å². The topological polar surface area (TPSA) is 48.1 Å². The van der Waals surface area contributed by atoms with Gasteiger partial charge in [-0.15, -0.1) is 0 Å². The zero-order valence-corrected chi connectivity index (χ0v) is 29.3. The largest absolute Gasteiger partial charge is 0.315 e. The minimum absolute atomic E-state index is 0.527. The minimum Gasteiger partial charge on any atom is -0.315 e. The van der Waals surface area contributed by atoms with E-state index >= 15 is 0 Å². The van der Waals surface area contributed by atoms with Gasteiger partial charge >= 0.3 is 0 Å². The highest BCUT2D eigenvalue weighted by Crippen LogP contribution is 2.61. The van der Waals surface area contributed by atoms with Gasteiger partial charge in [-0.25, -0.2) is 0 Å². The Balaban J connectivity index is 0.000000145. The van der Waals surface area contributed by atoms with Crippen molar-refractivity contribution in [3.05, 3.63) is 35.9 Å². The third-order valence-corrected chi connectivity index (χ3v) is 14.6. The van der Waals surface area contributed by atoms with E-state index in [1.165, 1.54) is 89.2 Å². The van der Waals surface area contributed by atoms with E-state index in [4.69, 9.17) is 0 Å². The van der Waals surface area contributed by atoms with Gasteiger partial charge in [-0.3, -0.25) is 0 Å². The van der Waals surface area contributed by atoms with E-state index in [1.54, 1.807) is 19.3 Å². The van der Waals surface area contributed by atoms with Crippen molar-refractivity contribution in [2.45, 2.75) is 141 Å². The molecule has 45 heavy (non-hydrogen) atoms. The zero-order valence-electron chi connectivity index (χ0n) is 29.3. The fourth-order valence-electron chi connectivity index (χ4n) is 12.1. The highest BCUT2D eigenvalue weighted by atomic mass is 15.0. The Morgan fingerprint density at radius 2 is 1.47 bits per heavy atom. The SMILES string of the molecule is C[C@H](NCCNC[C@@H]1CC[C@H]2C[C@@H]1C2(C)C)C1CCCCC1.c1ccc(C2CC2NCCNC23CC4CC(CC(C4)C2)C3)cc1. The van der Waals surface area contributed by atoms with Crippen LogP contribution < -0.4 is 21.3 Å². The Bertz CT molecular complexity index is 1030. The summed E-state index contributed by atoms with van der Waals surface area (Å²) in [6, 6.07) is 12.4. The summed E-state index contributed by atoms with van der Waals surface area (Å²) in [5, 5.41) is 15.3. The van der Waals surface area contributed by atoms with E-state index in [2.05, 4.69) is 72.4 Å². The van der Waals surface area contributed by atoms with Gasteiger partial charge in [-0.05, 0) is 143 Å². The number of nitrogens with one attached hydrogen (secondary N) is 4. The average Bonchev–Trinajstić information content (AvgIpc) is 3.83. The molecule has 9 aliphatic carbocycles. The van der Waals surface area contributed by atoms with Crippen molar-refractivity contribution in [3.8, 4) is 0 Å². The van der Waals surface area contributed by atoms with Crippen LogP contribution in [0.2, 0.25) is 0 Å². The Morgan fingerprint density at radius 3 is 2.13 bits per heavy atom. The minimum atomic E-state index is 0.527. The first-order chi connectivity index (χ1) is 21.9. The summed E-state index contributed by atoms with van der Waals surface area (Å²) in [5.41, 5.74) is 2.68. The second-order valence-corrected chi connectivity index (χ2v) is 18.0. The lowest BCUT2D eigenvalue weighted by molar-refractivity contribution is -0.103. The van der Waals surface area contributed by atoms with Crippen LogP contribution in [0.4, 0.5) is 0 Å². The van der Waals surface area contributed by atoms with Gasteiger partial charge < -0.3 is 21.3 Å². The lowest BCUT2D eigenvalue weighted by atomic mass is 9.45. The number of fused-ring (bicyclic) bond motifs is 2. The maximum absolute atomic E-state index is 4.00. The highest BCUT2D eigenvalue weighted by Gasteiger charge is 2.54. The predicted molar refractivity (Wildman–Crippen MR) is 190 cm³/mol. The molecule has 9 fully saturated rings. The van der Waals surface area contributed by atoms with Crippen LogP contribution in [-0.4, -0.2) is 50.3 Å². The first-order valence-electron chi connectivity index (χ1n) is 19.9. The van der Waals surface area contributed by atoms with Crippen LogP contribution in [0.5, 0.6) is 0 Å². The van der Waals surface area contributed by atoms with Crippen LogP contribution >= 0.6 is 0 Å². The highest BCUT2D eigenvalue weighted by molar-refractivity contribution is 5.27. The molecule has 10 rings (SSSR count). The summed E-state index contributed by atoms with van der Waals surface area (Å²) in [6.45, 7) is 13.2. The van der Waals surface area contributed by atoms with Crippen LogP contribution in [0.25, 0.3) is 0 Å². The van der Waals surface area contributed by atoms with Gasteiger partial charge in [-0.1, -0.05) is 63.4 Å². The fraction of sp³-hybridized carbons (Fsp3) is 0.854. The van der Waals surface area contributed by atoms with Gasteiger partial charge in [0.05, 0.1) is 0 Å². The molecule has 0 heterocycles. The van der Waals surface area contributed by atoms with Crippen molar-refractivity contribution >= 4 is 0 Å². The quantitative estimate of drug-likeness (QED) is 0.170. The van der Waals surface area contributed by atoms with Gasteiger partial charge in [0.2, 0.25) is 0 Å². The molecule has 1 aromatic rings. The molecule has 0 aliphatic heterocycles. The Morgan fingerprint density at radius 1 is 0.756 bits per heavy atom. The van der Waals surface area contributed by atoms with Crippen molar-refractivity contribution in [1.82, 2.24) is 21.3 Å². The van der Waals surface area contributed by atoms with Crippen LogP contribution in [-0.2, 0) is 0 Å². The molecule has 1 aromatic carbocycles. The van der Waals surface area contributed by atoms with Crippen LogP contribution in [0.1, 0.15) is 129 Å². The second kappa shape index (κ2) is 14.3. The van der Waals surface area contributed by atoms with E-state index in [0.717, 1.165) is 79.6 Å². The summed E-state index contributed by atoms with van der Waals surface area (Å²) in [6.07, 6.45) is 22.1. The van der Waals surface area contributed by atoms with E-state index in [9.17, 15) is 0 Å². The van der Waals surface area contributed by atoms with Crippen LogP contribution in [0.15, 0.2) is 30.3 Å². The Kier molecular flexibility index (Phi) is 10.3. The van der Waals surface area contributed by atoms with Crippen molar-refractivity contribution < 1.29 is 0 Å². The predicted octanol–water partition coefficient (Wildman–Crippen LogP) is 7.90. The lowest BCUT2D eigenvalue weighted by Crippen LogP contribution is -2.59. The molecular weight excluding hydrogens is 548 g/mol. The standard InChI is InChI=1S/C21H30N2.C20H38N2/c1-2-4-18(5-3-1)19-11-20(19)22-6-7-23-21-12-15-8-16(13-21)10-17(9-15)14-21;1-15(16-7-5-4-6-8-16)22-12-11-21-14-17-9-10-18-13-19(17)20(18,2)3/h1-5,15-17,19-20,22-23H,6-14H2;15-19,21-22H,4-14H2,1-3H3/t;15-,17-,18-,19-/m.0/s1. The normalized spacial score (nSPS) is 39.9. The molecule has 0 aromatic heterocycles. The zero-order chi connectivity index (χ0) is 30.9. The van der Waals surface area contributed by atoms with Gasteiger partial charge in [0.15, 0.2) is 0 Å². The van der Waals surface area contributed by atoms with Crippen molar-refractivity contribution in [2.75, 3.05) is 32.7 Å². The summed E-state index contributed by atoms with van der Waals surface area (Å²) < 4.78 is 0. The molecule has 252 valence electrons. The molecule has 0 spiro atoms. The number of hydrogen-bond acceptors (Lipinski definition) is 4. The molecule has 9 aliphatic rings. The van der Waals surface area contributed by atoms with Gasteiger partial charge in [0, 0.05) is 49.7 Å². The van der Waals surface area contributed by atoms with E-state index in [-0.39, 0.29) is 0 Å². The molecule has 0 radical (unpaired) electrons. The summed E-state index contributed by atoms with van der Waals surface area (Å²) in [7, 11) is 0. The van der Waals surface area contributed by atoms with Gasteiger partial charge in [0.1, 0.15) is 0 Å². The van der Waals surface area contributed by atoms with Gasteiger partial charge in [-0.2, -0.15) is 0 Å². The van der Waals surface area contributed by atoms with Crippen molar-refractivity contribution in [1.29, 1.82) is 0 Å². The number of hydrogen-bond donors (Lipinski definition) is 4. The van der Waals surface area contributed by atoms with Crippen LogP contribution in [0, 0.1) is 46.8 Å². The van der Waals surface area contributed by atoms with Crippen molar-refractivity contribution in [2.24, 2.45) is 46.8 Å². The molecule has 6 bridgehead atoms. The monoisotopic (exact) mass is 617 g/mol. The van der Waals surface area contributed by atoms with Crippen LogP contribution in [0.3, 0.4) is 0 Å². The molecule has 4 N–H and O–H groups in total. The molecule has 0 saturated heterocycles. The molecule has 4 nitrogen and oxygen atoms in total. The van der Waals surface area contributed by atoms with Crippen molar-refractivity contribution in [3.63, 3.8) is 0 Å². The lowest BCUT2D eigenvalue weighted by Gasteiger charge is -2.60. The smallest absolute Gasteiger partial charge is 0.0190 e. The maximum atomic E-state index is 4.00. The number of benzene rings is 1. The maximum Gasteiger partial charge on any atom is 0.0190 e. The summed E-state index contributed by atoms with van der Waals surface area (Å²) >= 11 is 0. The molecule has 9 saturated carbocycles. The summed E-state index contributed by atoms with van der Waals surface area (Å²) in [5.74, 6) is 7.80. The fourth-order valence-corrected chi connectivity index (χ4v) is 12.1. The molecule has 0 amide bonds. The third-order valence-electron chi connectivity index (χ3n) is 14.6. The van der Waals surface area contributed by atoms with Gasteiger partial charge in [0.25, 0.3) is 0 Å². The molecular formula is C41H68N4. The van der Waals surface area contributed by atoms with E-state index in [0.29, 0.717) is 17.0 Å². The molecule has 2 unspecified atom stereocenters. The first-order valence-corrected chi connectivity index (χ1v) is 19.9. The first kappa shape index (κ1) is 32.6. The second-order valence-electron chi connectivity index (χ2n) is 18.0. The Labute approximate surface area is 276 Å². The van der Waals surface area contributed by atoms with E-state index in [1.807, 2.05) is 0 Å². The molecule has 4 heteroatoms. The average molecular weight is 617 g/mol. The number of rotatable bonds is 13. The molecule has 6 atom stereocenters. The Hall–Kier alpha value is -0.940.